The van der Waals surface area contributed by atoms with E-state index >= 15 is 0 Å². The molecule has 1 saturated heterocycles. The number of fused-ring (bicyclic) bond motifs is 1. The van der Waals surface area contributed by atoms with Crippen LogP contribution in [0.2, 0.25) is 0 Å². The average Bonchev–Trinajstić information content (AvgIpc) is 3.19. The second kappa shape index (κ2) is 8.80. The quantitative estimate of drug-likeness (QED) is 0.426. The summed E-state index contributed by atoms with van der Waals surface area (Å²) in [5.41, 5.74) is 0.444. The highest BCUT2D eigenvalue weighted by molar-refractivity contribution is 7.18. The number of non-ortho nitro benzene ring substituents is 1. The van der Waals surface area contributed by atoms with E-state index in [4.69, 9.17) is 0 Å². The number of likely N-dealkylation sites (tertiary alicyclic amines) is 1. The maximum Gasteiger partial charge on any atom is 0.387 e. The fourth-order valence-corrected chi connectivity index (χ4v) is 4.65. The van der Waals surface area contributed by atoms with Crippen LogP contribution in [-0.2, 0) is 0 Å². The van der Waals surface area contributed by atoms with Gasteiger partial charge in [0.2, 0.25) is 0 Å². The number of halogens is 2. The monoisotopic (exact) mass is 448 g/mol. The first-order chi connectivity index (χ1) is 14.9. The van der Waals surface area contributed by atoms with Crippen LogP contribution < -0.4 is 10.1 Å². The molecule has 0 unspecified atom stereocenters. The van der Waals surface area contributed by atoms with Crippen molar-refractivity contribution in [3.05, 3.63) is 57.6 Å². The number of anilines is 1. The Bertz CT molecular complexity index is 1080. The number of urea groups is 1. The number of alkyl halides is 2. The predicted molar refractivity (Wildman–Crippen MR) is 112 cm³/mol. The number of nitrogens with one attached hydrogen (secondary N) is 1. The average molecular weight is 448 g/mol. The summed E-state index contributed by atoms with van der Waals surface area (Å²) in [7, 11) is 0. The summed E-state index contributed by atoms with van der Waals surface area (Å²) < 4.78 is 30.8. The van der Waals surface area contributed by atoms with E-state index in [0.29, 0.717) is 25.9 Å². The van der Waals surface area contributed by atoms with Crippen molar-refractivity contribution in [2.24, 2.45) is 0 Å². The van der Waals surface area contributed by atoms with Gasteiger partial charge in [-0.15, -0.1) is 11.3 Å². The third kappa shape index (κ3) is 4.71. The largest absolute Gasteiger partial charge is 0.433 e. The molecule has 0 spiro atoms. The van der Waals surface area contributed by atoms with Crippen molar-refractivity contribution in [1.29, 1.82) is 0 Å². The fraction of sp³-hybridized carbons (Fsp3) is 0.300. The topological polar surface area (TPSA) is 97.6 Å². The first-order valence-corrected chi connectivity index (χ1v) is 10.4. The molecule has 1 fully saturated rings. The van der Waals surface area contributed by atoms with Gasteiger partial charge in [-0.1, -0.05) is 12.1 Å². The van der Waals surface area contributed by atoms with E-state index in [1.165, 1.54) is 0 Å². The summed E-state index contributed by atoms with van der Waals surface area (Å²) in [4.78, 5) is 29.2. The lowest BCUT2D eigenvalue weighted by atomic mass is 9.98. The van der Waals surface area contributed by atoms with E-state index in [1.807, 2.05) is 24.3 Å². The molecule has 2 aromatic carbocycles. The number of carbonyl (C=O) groups is 1. The molecule has 0 saturated carbocycles. The van der Waals surface area contributed by atoms with Gasteiger partial charge in [-0.2, -0.15) is 8.78 Å². The van der Waals surface area contributed by atoms with Crippen LogP contribution in [0.3, 0.4) is 0 Å². The van der Waals surface area contributed by atoms with Crippen molar-refractivity contribution in [3.8, 4) is 5.75 Å². The molecule has 1 N–H and O–H groups in total. The Morgan fingerprint density at radius 1 is 1.26 bits per heavy atom. The van der Waals surface area contributed by atoms with Crippen molar-refractivity contribution in [2.75, 3.05) is 18.4 Å². The lowest BCUT2D eigenvalue weighted by Gasteiger charge is -2.31. The molecule has 162 valence electrons. The van der Waals surface area contributed by atoms with Gasteiger partial charge in [0, 0.05) is 31.1 Å². The molecule has 0 bridgehead atoms. The molecule has 11 heteroatoms. The van der Waals surface area contributed by atoms with E-state index in [0.717, 1.165) is 33.4 Å². The van der Waals surface area contributed by atoms with Gasteiger partial charge in [0.05, 0.1) is 25.8 Å². The number of thiazole rings is 1. The van der Waals surface area contributed by atoms with Crippen molar-refractivity contribution >= 4 is 39.0 Å². The van der Waals surface area contributed by atoms with E-state index in [1.54, 1.807) is 16.2 Å². The number of piperidine rings is 1. The maximum absolute atomic E-state index is 12.7. The van der Waals surface area contributed by atoms with Crippen LogP contribution in [0.4, 0.5) is 25.0 Å². The minimum atomic E-state index is -3.12. The number of rotatable bonds is 5. The summed E-state index contributed by atoms with van der Waals surface area (Å²) in [5, 5.41) is 14.5. The zero-order valence-electron chi connectivity index (χ0n) is 16.2. The van der Waals surface area contributed by atoms with Gasteiger partial charge < -0.3 is 15.0 Å². The van der Waals surface area contributed by atoms with E-state index in [2.05, 4.69) is 15.0 Å². The molecule has 0 radical (unpaired) electrons. The Labute approximate surface area is 179 Å². The van der Waals surface area contributed by atoms with Crippen LogP contribution >= 0.6 is 11.3 Å². The number of carbonyl (C=O) groups excluding carboxylic acids is 1. The first-order valence-electron chi connectivity index (χ1n) is 9.55. The van der Waals surface area contributed by atoms with Gasteiger partial charge in [-0.05, 0) is 31.0 Å². The number of hydrogen-bond donors (Lipinski definition) is 1. The van der Waals surface area contributed by atoms with Crippen molar-refractivity contribution < 1.29 is 23.2 Å². The summed E-state index contributed by atoms with van der Waals surface area (Å²) in [5.74, 6) is -0.102. The van der Waals surface area contributed by atoms with Gasteiger partial charge in [0.15, 0.2) is 0 Å². The van der Waals surface area contributed by atoms with E-state index < -0.39 is 17.6 Å². The summed E-state index contributed by atoms with van der Waals surface area (Å²) in [6, 6.07) is 10.5. The molecule has 1 aromatic heterocycles. The van der Waals surface area contributed by atoms with Gasteiger partial charge in [-0.3, -0.25) is 10.1 Å². The maximum atomic E-state index is 12.7. The Morgan fingerprint density at radius 2 is 2.00 bits per heavy atom. The number of aromatic nitrogens is 1. The van der Waals surface area contributed by atoms with Crippen molar-refractivity contribution in [3.63, 3.8) is 0 Å². The van der Waals surface area contributed by atoms with E-state index in [-0.39, 0.29) is 23.0 Å². The van der Waals surface area contributed by atoms with Crippen LogP contribution in [-0.4, -0.2) is 40.5 Å². The molecule has 8 nitrogen and oxygen atoms in total. The van der Waals surface area contributed by atoms with Gasteiger partial charge in [-0.25, -0.2) is 9.78 Å². The number of nitro groups is 1. The number of amides is 2. The lowest BCUT2D eigenvalue weighted by molar-refractivity contribution is -0.384. The van der Waals surface area contributed by atoms with Crippen LogP contribution in [0.5, 0.6) is 5.75 Å². The molecule has 1 aliphatic rings. The Kier molecular flexibility index (Phi) is 5.94. The molecule has 0 aliphatic carbocycles. The SMILES string of the molecule is O=C(Nc1cc([N+](=O)[O-])ccc1OC(F)F)N1CCC(c2nc3ccccc3s2)CC1. The minimum Gasteiger partial charge on any atom is -0.433 e. The van der Waals surface area contributed by atoms with Crippen LogP contribution in [0.25, 0.3) is 10.2 Å². The zero-order chi connectivity index (χ0) is 22.0. The molecular weight excluding hydrogens is 430 g/mol. The normalized spacial score (nSPS) is 14.7. The number of benzene rings is 2. The standard InChI is InChI=1S/C20H18F2N4O4S/c21-19(22)30-16-6-5-13(26(28)29)11-15(16)24-20(27)25-9-7-12(8-10-25)18-23-14-3-1-2-4-17(14)31-18/h1-6,11-12,19H,7-10H2,(H,24,27). The Morgan fingerprint density at radius 3 is 2.68 bits per heavy atom. The smallest absolute Gasteiger partial charge is 0.387 e. The fourth-order valence-electron chi connectivity index (χ4n) is 3.52. The molecule has 31 heavy (non-hydrogen) atoms. The zero-order valence-corrected chi connectivity index (χ0v) is 17.0. The number of para-hydroxylation sites is 1. The Hall–Kier alpha value is -3.34. The number of nitrogens with zero attached hydrogens (tertiary/aromatic N) is 3. The molecular formula is C20H18F2N4O4S. The highest BCUT2D eigenvalue weighted by atomic mass is 32.1. The highest BCUT2D eigenvalue weighted by Gasteiger charge is 2.27. The third-order valence-electron chi connectivity index (χ3n) is 5.07. The summed E-state index contributed by atoms with van der Waals surface area (Å²) in [6.07, 6.45) is 1.42. The first kappa shape index (κ1) is 20.9. The molecule has 3 aromatic rings. The van der Waals surface area contributed by atoms with Crippen molar-refractivity contribution in [2.45, 2.75) is 25.4 Å². The van der Waals surface area contributed by atoms with Crippen LogP contribution in [0.15, 0.2) is 42.5 Å². The number of hydrogen-bond acceptors (Lipinski definition) is 6. The highest BCUT2D eigenvalue weighted by Crippen LogP contribution is 2.35. The molecule has 4 rings (SSSR count). The molecule has 1 aliphatic heterocycles. The molecule has 2 heterocycles. The summed E-state index contributed by atoms with van der Waals surface area (Å²) in [6.45, 7) is -2.22. The minimum absolute atomic E-state index is 0.173. The second-order valence-corrected chi connectivity index (χ2v) is 8.09. The van der Waals surface area contributed by atoms with Gasteiger partial charge in [0.1, 0.15) is 5.75 Å². The van der Waals surface area contributed by atoms with Crippen LogP contribution in [0.1, 0.15) is 23.8 Å². The van der Waals surface area contributed by atoms with Crippen LogP contribution in [0, 0.1) is 10.1 Å². The molecule has 0 atom stereocenters. The second-order valence-electron chi connectivity index (χ2n) is 7.03. The Balaban J connectivity index is 1.43. The summed E-state index contributed by atoms with van der Waals surface area (Å²) >= 11 is 1.65. The number of ether oxygens (including phenoxy) is 1. The lowest BCUT2D eigenvalue weighted by Crippen LogP contribution is -2.40. The number of nitro benzene ring substituents is 1. The van der Waals surface area contributed by atoms with Gasteiger partial charge in [0.25, 0.3) is 5.69 Å². The van der Waals surface area contributed by atoms with Crippen molar-refractivity contribution in [1.82, 2.24) is 9.88 Å². The van der Waals surface area contributed by atoms with E-state index in [9.17, 15) is 23.7 Å². The molecule has 2 amide bonds. The third-order valence-corrected chi connectivity index (χ3v) is 6.27. The van der Waals surface area contributed by atoms with Gasteiger partial charge >= 0.3 is 12.6 Å². The predicted octanol–water partition coefficient (Wildman–Crippen LogP) is 5.22.